The molecule has 0 aliphatic heterocycles. The van der Waals surface area contributed by atoms with Crippen molar-refractivity contribution in [3.05, 3.63) is 0 Å². The summed E-state index contributed by atoms with van der Waals surface area (Å²) in [6.45, 7) is 4.36. The molecule has 14 heavy (non-hydrogen) atoms. The van der Waals surface area contributed by atoms with Gasteiger partial charge in [-0.2, -0.15) is 8.42 Å². The maximum atomic E-state index is 10.9. The first-order valence-electron chi connectivity index (χ1n) is 4.66. The van der Waals surface area contributed by atoms with Crippen molar-refractivity contribution in [1.29, 1.82) is 0 Å². The van der Waals surface area contributed by atoms with Crippen LogP contribution < -0.4 is 0 Å². The van der Waals surface area contributed by atoms with Crippen LogP contribution in [0.5, 0.6) is 0 Å². The topological polar surface area (TPSA) is 52.6 Å². The molecule has 4 nitrogen and oxygen atoms in total. The summed E-state index contributed by atoms with van der Waals surface area (Å²) in [5.74, 6) is 0. The van der Waals surface area contributed by atoms with Crippen LogP contribution in [0.3, 0.4) is 0 Å². The maximum absolute atomic E-state index is 10.9. The Morgan fingerprint density at radius 3 is 1.57 bits per heavy atom. The van der Waals surface area contributed by atoms with Crippen molar-refractivity contribution in [3.63, 3.8) is 0 Å². The van der Waals surface area contributed by atoms with Gasteiger partial charge in [0.25, 0.3) is 0 Å². The van der Waals surface area contributed by atoms with Gasteiger partial charge in [0.1, 0.15) is 0 Å². The van der Waals surface area contributed by atoms with Crippen molar-refractivity contribution >= 4 is 40.0 Å². The monoisotopic (exact) mass is 233 g/mol. The quantitative estimate of drug-likeness (QED) is 0.471. The Kier molecular flexibility index (Phi) is 12.8. The Bertz CT molecular complexity index is 187. The van der Waals surface area contributed by atoms with Crippen LogP contribution in [0.2, 0.25) is 0 Å². The Morgan fingerprint density at radius 2 is 1.29 bits per heavy atom. The number of unbranched alkanes of at least 4 members (excludes halogenated alkanes) is 2. The molecular weight excluding hydrogens is 215 g/mol. The van der Waals surface area contributed by atoms with Gasteiger partial charge in [-0.25, -0.2) is 8.37 Å². The van der Waals surface area contributed by atoms with E-state index in [1.54, 1.807) is 0 Å². The molecule has 0 aliphatic rings. The fraction of sp³-hybridized carbons (Fsp3) is 1.00. The first kappa shape index (κ1) is 17.3. The zero-order valence-electron chi connectivity index (χ0n) is 9.28. The van der Waals surface area contributed by atoms with Gasteiger partial charge in [0.15, 0.2) is 0 Å². The molecule has 0 aromatic heterocycles. The van der Waals surface area contributed by atoms with Gasteiger partial charge in [-0.3, -0.25) is 0 Å². The Hall–Kier alpha value is 0.870. The Balaban J connectivity index is 0. The molecule has 81 valence electrons. The molecule has 0 unspecified atom stereocenters. The van der Waals surface area contributed by atoms with Crippen LogP contribution in [0.4, 0.5) is 0 Å². The van der Waals surface area contributed by atoms with Gasteiger partial charge in [0.2, 0.25) is 0 Å². The molecule has 0 aromatic carbocycles. The van der Waals surface area contributed by atoms with E-state index in [0.717, 1.165) is 25.7 Å². The SMILES string of the molecule is CCCCOS(=O)(=O)OCCCC.[Na]. The van der Waals surface area contributed by atoms with Gasteiger partial charge in [-0.1, -0.05) is 26.7 Å². The van der Waals surface area contributed by atoms with Crippen LogP contribution in [0, 0.1) is 0 Å². The van der Waals surface area contributed by atoms with Crippen LogP contribution in [-0.2, 0) is 18.8 Å². The van der Waals surface area contributed by atoms with Gasteiger partial charge in [-0.15, -0.1) is 0 Å². The first-order valence-corrected chi connectivity index (χ1v) is 5.99. The fourth-order valence-electron chi connectivity index (χ4n) is 0.645. The molecule has 0 atom stereocenters. The summed E-state index contributed by atoms with van der Waals surface area (Å²) in [6.07, 6.45) is 3.28. The van der Waals surface area contributed by atoms with Crippen molar-refractivity contribution in [3.8, 4) is 0 Å². The van der Waals surface area contributed by atoms with Crippen molar-refractivity contribution < 1.29 is 16.8 Å². The molecule has 0 bridgehead atoms. The summed E-state index contributed by atoms with van der Waals surface area (Å²) in [7, 11) is -3.73. The number of hydrogen-bond donors (Lipinski definition) is 0. The van der Waals surface area contributed by atoms with E-state index < -0.39 is 10.4 Å². The van der Waals surface area contributed by atoms with Crippen LogP contribution in [0.15, 0.2) is 0 Å². The van der Waals surface area contributed by atoms with Crippen molar-refractivity contribution in [2.24, 2.45) is 0 Å². The van der Waals surface area contributed by atoms with Crippen LogP contribution in [-0.4, -0.2) is 51.2 Å². The van der Waals surface area contributed by atoms with Crippen LogP contribution in [0.1, 0.15) is 39.5 Å². The van der Waals surface area contributed by atoms with Crippen LogP contribution in [0.25, 0.3) is 0 Å². The normalized spacial score (nSPS) is 11.0. The molecule has 0 amide bonds. The average Bonchev–Trinajstić information content (AvgIpc) is 2.05. The van der Waals surface area contributed by atoms with E-state index in [2.05, 4.69) is 8.37 Å². The molecule has 0 fully saturated rings. The fourth-order valence-corrected chi connectivity index (χ4v) is 1.36. The second kappa shape index (κ2) is 10.4. The zero-order valence-corrected chi connectivity index (χ0v) is 12.1. The molecule has 0 spiro atoms. The second-order valence-electron chi connectivity index (χ2n) is 2.76. The summed E-state index contributed by atoms with van der Waals surface area (Å²) >= 11 is 0. The van der Waals surface area contributed by atoms with E-state index in [1.165, 1.54) is 0 Å². The van der Waals surface area contributed by atoms with Gasteiger partial charge in [0.05, 0.1) is 13.2 Å². The minimum atomic E-state index is -3.73. The molecular formula is C8H18NaO4S. The van der Waals surface area contributed by atoms with Crippen molar-refractivity contribution in [2.75, 3.05) is 13.2 Å². The summed E-state index contributed by atoms with van der Waals surface area (Å²) < 4.78 is 31.0. The van der Waals surface area contributed by atoms with E-state index in [9.17, 15) is 8.42 Å². The minimum absolute atomic E-state index is 0. The van der Waals surface area contributed by atoms with Crippen LogP contribution >= 0.6 is 0 Å². The van der Waals surface area contributed by atoms with E-state index in [4.69, 9.17) is 0 Å². The average molecular weight is 233 g/mol. The summed E-state index contributed by atoms with van der Waals surface area (Å²) in [5, 5.41) is 0. The Morgan fingerprint density at radius 1 is 0.929 bits per heavy atom. The van der Waals surface area contributed by atoms with Gasteiger partial charge in [0, 0.05) is 29.6 Å². The van der Waals surface area contributed by atoms with Gasteiger partial charge in [-0.05, 0) is 12.8 Å². The van der Waals surface area contributed by atoms with E-state index in [0.29, 0.717) is 0 Å². The minimum Gasteiger partial charge on any atom is -0.248 e. The molecule has 0 N–H and O–H groups in total. The largest absolute Gasteiger partial charge is 0.399 e. The van der Waals surface area contributed by atoms with E-state index >= 15 is 0 Å². The third-order valence-corrected chi connectivity index (χ3v) is 2.36. The molecule has 0 saturated carbocycles. The number of hydrogen-bond acceptors (Lipinski definition) is 4. The molecule has 0 rings (SSSR count). The molecule has 6 heteroatoms. The summed E-state index contributed by atoms with van der Waals surface area (Å²) in [6, 6.07) is 0. The van der Waals surface area contributed by atoms with Crippen molar-refractivity contribution in [1.82, 2.24) is 0 Å². The molecule has 0 heterocycles. The van der Waals surface area contributed by atoms with E-state index in [1.807, 2.05) is 13.8 Å². The standard InChI is InChI=1S/C8H18O4S.Na/c1-3-5-7-11-13(9,10)12-8-6-4-2;/h3-8H2,1-2H3;. The third-order valence-electron chi connectivity index (χ3n) is 1.45. The molecule has 0 aromatic rings. The predicted octanol–water partition coefficient (Wildman–Crippen LogP) is 1.48. The van der Waals surface area contributed by atoms with E-state index in [-0.39, 0.29) is 42.8 Å². The molecule has 0 saturated heterocycles. The Labute approximate surface area is 109 Å². The number of rotatable bonds is 8. The van der Waals surface area contributed by atoms with Crippen molar-refractivity contribution in [2.45, 2.75) is 39.5 Å². The molecule has 0 aliphatic carbocycles. The summed E-state index contributed by atoms with van der Waals surface area (Å²) in [4.78, 5) is 0. The smallest absolute Gasteiger partial charge is 0.248 e. The maximum Gasteiger partial charge on any atom is 0.399 e. The molecule has 1 radical (unpaired) electrons. The third kappa shape index (κ3) is 10.9. The first-order chi connectivity index (χ1) is 6.12. The van der Waals surface area contributed by atoms with Gasteiger partial charge < -0.3 is 0 Å². The van der Waals surface area contributed by atoms with Gasteiger partial charge >= 0.3 is 10.4 Å². The predicted molar refractivity (Wildman–Crippen MR) is 56.4 cm³/mol. The zero-order chi connectivity index (χ0) is 10.2. The summed E-state index contributed by atoms with van der Waals surface area (Å²) in [5.41, 5.74) is 0. The second-order valence-corrected chi connectivity index (χ2v) is 4.05.